The zero-order chi connectivity index (χ0) is 18.5. The molecule has 1 atom stereocenters. The van der Waals surface area contributed by atoms with Crippen molar-refractivity contribution >= 4 is 35.1 Å². The molecule has 1 aromatic rings. The van der Waals surface area contributed by atoms with E-state index in [2.05, 4.69) is 15.4 Å². The first-order valence-corrected chi connectivity index (χ1v) is 8.01. The SMILES string of the molecule is CCC(C)NC(=O)C(C)(C)C(=O)Nc1cc(C(=O)OC)ccc1Cl. The molecule has 1 rings (SSSR count). The first kappa shape index (κ1) is 20.0. The Balaban J connectivity index is 2.97. The second-order valence-electron chi connectivity index (χ2n) is 6.05. The third-order valence-corrected chi connectivity index (χ3v) is 4.09. The highest BCUT2D eigenvalue weighted by atomic mass is 35.5. The van der Waals surface area contributed by atoms with E-state index in [0.29, 0.717) is 0 Å². The lowest BCUT2D eigenvalue weighted by Gasteiger charge is -2.25. The standard InChI is InChI=1S/C17H23ClN2O4/c1-6-10(2)19-15(22)17(3,4)16(23)20-13-9-11(14(21)24-5)7-8-12(13)18/h7-10H,6H2,1-5H3,(H,19,22)(H,20,23). The van der Waals surface area contributed by atoms with Crippen LogP contribution in [0.2, 0.25) is 5.02 Å². The lowest BCUT2D eigenvalue weighted by Crippen LogP contribution is -2.47. The lowest BCUT2D eigenvalue weighted by molar-refractivity contribution is -0.138. The van der Waals surface area contributed by atoms with E-state index in [1.165, 1.54) is 39.2 Å². The molecule has 24 heavy (non-hydrogen) atoms. The van der Waals surface area contributed by atoms with Gasteiger partial charge in [0, 0.05) is 6.04 Å². The van der Waals surface area contributed by atoms with Gasteiger partial charge in [-0.1, -0.05) is 18.5 Å². The number of carbonyl (C=O) groups is 3. The van der Waals surface area contributed by atoms with Gasteiger partial charge in [-0.05, 0) is 45.4 Å². The maximum absolute atomic E-state index is 12.5. The monoisotopic (exact) mass is 354 g/mol. The van der Waals surface area contributed by atoms with Gasteiger partial charge in [-0.25, -0.2) is 4.79 Å². The molecule has 6 nitrogen and oxygen atoms in total. The zero-order valence-corrected chi connectivity index (χ0v) is 15.3. The number of hydrogen-bond donors (Lipinski definition) is 2. The molecule has 7 heteroatoms. The predicted molar refractivity (Wildman–Crippen MR) is 93.1 cm³/mol. The van der Waals surface area contributed by atoms with E-state index >= 15 is 0 Å². The minimum absolute atomic E-state index is 0.0317. The molecule has 0 aliphatic rings. The highest BCUT2D eigenvalue weighted by Gasteiger charge is 2.36. The van der Waals surface area contributed by atoms with Crippen molar-refractivity contribution in [3.63, 3.8) is 0 Å². The number of nitrogens with one attached hydrogen (secondary N) is 2. The van der Waals surface area contributed by atoms with Crippen molar-refractivity contribution in [2.45, 2.75) is 40.2 Å². The Hall–Kier alpha value is -2.08. The molecular formula is C17H23ClN2O4. The molecule has 0 aromatic heterocycles. The summed E-state index contributed by atoms with van der Waals surface area (Å²) in [4.78, 5) is 36.4. The molecule has 0 bridgehead atoms. The molecule has 1 unspecified atom stereocenters. The van der Waals surface area contributed by atoms with Crippen LogP contribution in [0.5, 0.6) is 0 Å². The number of carbonyl (C=O) groups excluding carboxylic acids is 3. The molecule has 0 fully saturated rings. The molecule has 0 spiro atoms. The van der Waals surface area contributed by atoms with Gasteiger partial charge in [-0.3, -0.25) is 9.59 Å². The molecule has 0 aliphatic carbocycles. The summed E-state index contributed by atoms with van der Waals surface area (Å²) in [5.41, 5.74) is -0.804. The summed E-state index contributed by atoms with van der Waals surface area (Å²) in [6, 6.07) is 4.35. The largest absolute Gasteiger partial charge is 0.465 e. The van der Waals surface area contributed by atoms with E-state index in [1.807, 2.05) is 13.8 Å². The predicted octanol–water partition coefficient (Wildman–Crippen LogP) is 3.01. The number of methoxy groups -OCH3 is 1. The molecule has 0 heterocycles. The normalized spacial score (nSPS) is 12.2. The van der Waals surface area contributed by atoms with Gasteiger partial charge in [0.05, 0.1) is 23.4 Å². The van der Waals surface area contributed by atoms with Crippen LogP contribution in [0.3, 0.4) is 0 Å². The summed E-state index contributed by atoms with van der Waals surface area (Å²) in [5, 5.41) is 5.64. The summed E-state index contributed by atoms with van der Waals surface area (Å²) >= 11 is 6.06. The van der Waals surface area contributed by atoms with Gasteiger partial charge in [0.15, 0.2) is 0 Å². The van der Waals surface area contributed by atoms with Gasteiger partial charge in [0.25, 0.3) is 0 Å². The quantitative estimate of drug-likeness (QED) is 0.607. The fraction of sp³-hybridized carbons (Fsp3) is 0.471. The fourth-order valence-electron chi connectivity index (χ4n) is 1.75. The number of hydrogen-bond acceptors (Lipinski definition) is 4. The number of amides is 2. The summed E-state index contributed by atoms with van der Waals surface area (Å²) in [5.74, 6) is -1.45. The first-order valence-electron chi connectivity index (χ1n) is 7.63. The van der Waals surface area contributed by atoms with Crippen molar-refractivity contribution in [2.75, 3.05) is 12.4 Å². The molecule has 132 valence electrons. The Morgan fingerprint density at radius 2 is 1.88 bits per heavy atom. The van der Waals surface area contributed by atoms with Crippen LogP contribution in [0, 0.1) is 5.41 Å². The van der Waals surface area contributed by atoms with Crippen LogP contribution < -0.4 is 10.6 Å². The van der Waals surface area contributed by atoms with Crippen molar-refractivity contribution in [1.82, 2.24) is 5.32 Å². The minimum Gasteiger partial charge on any atom is -0.465 e. The molecule has 0 saturated carbocycles. The number of esters is 1. The molecular weight excluding hydrogens is 332 g/mol. The lowest BCUT2D eigenvalue weighted by atomic mass is 9.90. The molecule has 0 radical (unpaired) electrons. The first-order chi connectivity index (χ1) is 11.1. The maximum atomic E-state index is 12.5. The van der Waals surface area contributed by atoms with E-state index < -0.39 is 17.3 Å². The Kier molecular flexibility index (Phi) is 6.78. The summed E-state index contributed by atoms with van der Waals surface area (Å²) in [7, 11) is 1.26. The number of rotatable bonds is 6. The van der Waals surface area contributed by atoms with E-state index in [9.17, 15) is 14.4 Å². The third-order valence-electron chi connectivity index (χ3n) is 3.76. The Labute approximate surface area is 146 Å². The minimum atomic E-state index is -1.30. The van der Waals surface area contributed by atoms with E-state index in [4.69, 9.17) is 11.6 Å². The average Bonchev–Trinajstić information content (AvgIpc) is 2.55. The number of ether oxygens (including phenoxy) is 1. The van der Waals surface area contributed by atoms with E-state index in [0.717, 1.165) is 6.42 Å². The van der Waals surface area contributed by atoms with Crippen LogP contribution in [-0.2, 0) is 14.3 Å². The van der Waals surface area contributed by atoms with Crippen LogP contribution in [0.4, 0.5) is 5.69 Å². The van der Waals surface area contributed by atoms with Gasteiger partial charge in [0.2, 0.25) is 11.8 Å². The van der Waals surface area contributed by atoms with Gasteiger partial charge in [-0.15, -0.1) is 0 Å². The molecule has 0 aliphatic heterocycles. The van der Waals surface area contributed by atoms with Crippen molar-refractivity contribution in [3.8, 4) is 0 Å². The number of benzene rings is 1. The second-order valence-corrected chi connectivity index (χ2v) is 6.46. The van der Waals surface area contributed by atoms with Crippen molar-refractivity contribution in [3.05, 3.63) is 28.8 Å². The van der Waals surface area contributed by atoms with E-state index in [-0.39, 0.29) is 28.2 Å². The van der Waals surface area contributed by atoms with Gasteiger partial charge >= 0.3 is 5.97 Å². The van der Waals surface area contributed by atoms with Crippen LogP contribution >= 0.6 is 11.6 Å². The zero-order valence-electron chi connectivity index (χ0n) is 14.5. The third kappa shape index (κ3) is 4.71. The Morgan fingerprint density at radius 3 is 2.42 bits per heavy atom. The van der Waals surface area contributed by atoms with E-state index in [1.54, 1.807) is 0 Å². The van der Waals surface area contributed by atoms with Gasteiger partial charge in [-0.2, -0.15) is 0 Å². The molecule has 2 amide bonds. The topological polar surface area (TPSA) is 84.5 Å². The molecule has 0 saturated heterocycles. The fourth-order valence-corrected chi connectivity index (χ4v) is 1.92. The van der Waals surface area contributed by atoms with Crippen LogP contribution in [0.25, 0.3) is 0 Å². The van der Waals surface area contributed by atoms with Crippen LogP contribution in [0.1, 0.15) is 44.5 Å². The smallest absolute Gasteiger partial charge is 0.337 e. The highest BCUT2D eigenvalue weighted by molar-refractivity contribution is 6.34. The number of halogens is 1. The maximum Gasteiger partial charge on any atom is 0.337 e. The van der Waals surface area contributed by atoms with Crippen molar-refractivity contribution < 1.29 is 19.1 Å². The summed E-state index contributed by atoms with van der Waals surface area (Å²) in [6.45, 7) is 6.86. The van der Waals surface area contributed by atoms with Gasteiger partial charge in [0.1, 0.15) is 5.41 Å². The second kappa shape index (κ2) is 8.15. The Morgan fingerprint density at radius 1 is 1.25 bits per heavy atom. The summed E-state index contributed by atoms with van der Waals surface area (Å²) < 4.78 is 4.64. The highest BCUT2D eigenvalue weighted by Crippen LogP contribution is 2.26. The van der Waals surface area contributed by atoms with Crippen molar-refractivity contribution in [1.29, 1.82) is 0 Å². The molecule has 1 aromatic carbocycles. The van der Waals surface area contributed by atoms with Crippen molar-refractivity contribution in [2.24, 2.45) is 5.41 Å². The summed E-state index contributed by atoms with van der Waals surface area (Å²) in [6.07, 6.45) is 0.760. The Bertz CT molecular complexity index is 643. The van der Waals surface area contributed by atoms with Crippen LogP contribution in [-0.4, -0.2) is 30.9 Å². The average molecular weight is 355 g/mol. The molecule has 2 N–H and O–H groups in total. The number of anilines is 1. The van der Waals surface area contributed by atoms with Gasteiger partial charge < -0.3 is 15.4 Å². The van der Waals surface area contributed by atoms with Crippen LogP contribution in [0.15, 0.2) is 18.2 Å².